The van der Waals surface area contributed by atoms with E-state index in [0.717, 1.165) is 5.69 Å². The van der Waals surface area contributed by atoms with Crippen molar-refractivity contribution < 1.29 is 4.39 Å². The van der Waals surface area contributed by atoms with Gasteiger partial charge in [0.05, 0.1) is 29.8 Å². The maximum atomic E-state index is 14.5. The number of rotatable bonds is 4. The molecule has 2 aromatic carbocycles. The Kier molecular flexibility index (Phi) is 4.02. The van der Waals surface area contributed by atoms with Crippen LogP contribution in [0.25, 0.3) is 16.9 Å². The number of para-hydroxylation sites is 1. The number of aliphatic imine (C=N–C) groups is 1. The average molecular weight is 385 g/mol. The van der Waals surface area contributed by atoms with Crippen molar-refractivity contribution >= 4 is 39.9 Å². The molecule has 1 aliphatic rings. The fourth-order valence-electron chi connectivity index (χ4n) is 3.41. The van der Waals surface area contributed by atoms with Crippen LogP contribution in [0.4, 0.5) is 21.6 Å². The minimum atomic E-state index is -0.348. The summed E-state index contributed by atoms with van der Waals surface area (Å²) in [4.78, 5) is 22.1. The summed E-state index contributed by atoms with van der Waals surface area (Å²) in [6.07, 6.45) is 3.02. The number of nitrogens with zero attached hydrogens (tertiary/aromatic N) is 5. The van der Waals surface area contributed by atoms with Crippen LogP contribution < -0.4 is 10.2 Å². The topological polar surface area (TPSA) is 82.1 Å². The van der Waals surface area contributed by atoms with E-state index >= 15 is 0 Å². The van der Waals surface area contributed by atoms with Crippen LogP contribution in [0.5, 0.6) is 0 Å². The van der Waals surface area contributed by atoms with E-state index in [1.54, 1.807) is 18.5 Å². The Balaban J connectivity index is 1.56. The number of anilines is 2. The lowest BCUT2D eigenvalue weighted by Gasteiger charge is -2.32. The molecule has 0 radical (unpaired) electrons. The molecule has 1 aliphatic heterocycles. The van der Waals surface area contributed by atoms with E-state index in [2.05, 4.69) is 31.8 Å². The zero-order chi connectivity index (χ0) is 19.8. The summed E-state index contributed by atoms with van der Waals surface area (Å²) in [5, 5.41) is 3.28. The van der Waals surface area contributed by atoms with Gasteiger partial charge in [-0.05, 0) is 24.3 Å². The molecule has 0 atom stereocenters. The lowest BCUT2D eigenvalue weighted by atomic mass is 10.1. The molecule has 2 N–H and O–H groups in total. The molecule has 0 saturated carbocycles. The van der Waals surface area contributed by atoms with Crippen molar-refractivity contribution in [1.82, 2.24) is 19.9 Å². The maximum Gasteiger partial charge on any atom is 0.182 e. The summed E-state index contributed by atoms with van der Waals surface area (Å²) in [6, 6.07) is 14.5. The van der Waals surface area contributed by atoms with Crippen LogP contribution >= 0.6 is 0 Å². The third-order valence-electron chi connectivity index (χ3n) is 4.71. The molecule has 4 aromatic rings. The van der Waals surface area contributed by atoms with Crippen molar-refractivity contribution in [3.8, 4) is 0 Å². The highest BCUT2D eigenvalue weighted by Crippen LogP contribution is 2.37. The highest BCUT2D eigenvalue weighted by atomic mass is 19.1. The SMILES string of the molecule is C=C1c2c(F)cccc2N=C(CNc2ncnc3nc[nH]c23)N1c1ccccc1. The summed E-state index contributed by atoms with van der Waals surface area (Å²) in [7, 11) is 0. The summed E-state index contributed by atoms with van der Waals surface area (Å²) in [5.74, 6) is 0.934. The number of H-pyrrole nitrogens is 1. The number of aromatic nitrogens is 4. The molecule has 0 bridgehead atoms. The number of benzene rings is 2. The first kappa shape index (κ1) is 17.1. The van der Waals surface area contributed by atoms with Crippen LogP contribution in [-0.4, -0.2) is 32.3 Å². The number of hydrogen-bond acceptors (Lipinski definition) is 6. The molecule has 0 aliphatic carbocycles. The molecule has 142 valence electrons. The van der Waals surface area contributed by atoms with Gasteiger partial charge < -0.3 is 10.3 Å². The Bertz CT molecular complexity index is 1250. The van der Waals surface area contributed by atoms with Crippen molar-refractivity contribution in [2.75, 3.05) is 16.8 Å². The second kappa shape index (κ2) is 6.83. The van der Waals surface area contributed by atoms with Gasteiger partial charge >= 0.3 is 0 Å². The normalized spacial score (nSPS) is 13.3. The van der Waals surface area contributed by atoms with E-state index in [1.807, 2.05) is 35.2 Å². The molecule has 0 unspecified atom stereocenters. The fraction of sp³-hybridized carbons (Fsp3) is 0.0476. The molecule has 0 spiro atoms. The monoisotopic (exact) mass is 385 g/mol. The summed E-state index contributed by atoms with van der Waals surface area (Å²) < 4.78 is 14.5. The van der Waals surface area contributed by atoms with Crippen LogP contribution in [-0.2, 0) is 0 Å². The number of fused-ring (bicyclic) bond motifs is 2. The average Bonchev–Trinajstić information content (AvgIpc) is 3.22. The zero-order valence-corrected chi connectivity index (χ0v) is 15.3. The van der Waals surface area contributed by atoms with E-state index in [1.165, 1.54) is 12.4 Å². The number of imidazole rings is 1. The summed E-state index contributed by atoms with van der Waals surface area (Å²) in [6.45, 7) is 4.50. The number of halogens is 1. The fourth-order valence-corrected chi connectivity index (χ4v) is 3.41. The van der Waals surface area contributed by atoms with Crippen molar-refractivity contribution in [2.45, 2.75) is 0 Å². The van der Waals surface area contributed by atoms with E-state index in [0.29, 0.717) is 46.3 Å². The van der Waals surface area contributed by atoms with Crippen molar-refractivity contribution in [1.29, 1.82) is 0 Å². The molecule has 5 rings (SSSR count). The number of amidine groups is 1. The standard InChI is InChI=1S/C21H16FN7/c1-13-18-15(22)8-5-9-16(18)28-17(29(13)14-6-3-2-4-7-14)10-23-20-19-21(25-11-24-19)27-12-26-20/h2-9,11-12H,1,10H2,(H2,23,24,25,26,27). The van der Waals surface area contributed by atoms with Gasteiger partial charge in [0.15, 0.2) is 11.5 Å². The van der Waals surface area contributed by atoms with Gasteiger partial charge in [-0.1, -0.05) is 30.8 Å². The maximum absolute atomic E-state index is 14.5. The Hall–Kier alpha value is -4.07. The van der Waals surface area contributed by atoms with Gasteiger partial charge in [-0.25, -0.2) is 24.3 Å². The van der Waals surface area contributed by atoms with Crippen LogP contribution in [0.15, 0.2) is 72.8 Å². The number of hydrogen-bond donors (Lipinski definition) is 2. The zero-order valence-electron chi connectivity index (χ0n) is 15.3. The summed E-state index contributed by atoms with van der Waals surface area (Å²) >= 11 is 0. The first-order valence-corrected chi connectivity index (χ1v) is 9.01. The molecule has 7 nitrogen and oxygen atoms in total. The van der Waals surface area contributed by atoms with Gasteiger partial charge in [0.2, 0.25) is 0 Å². The molecular weight excluding hydrogens is 369 g/mol. The Labute approximate surface area is 165 Å². The quantitative estimate of drug-likeness (QED) is 0.552. The first-order valence-electron chi connectivity index (χ1n) is 9.01. The molecule has 0 fully saturated rings. The third kappa shape index (κ3) is 2.91. The molecule has 0 amide bonds. The van der Waals surface area contributed by atoms with Crippen LogP contribution in [0.3, 0.4) is 0 Å². The van der Waals surface area contributed by atoms with Gasteiger partial charge in [-0.3, -0.25) is 4.90 Å². The van der Waals surface area contributed by atoms with Crippen molar-refractivity contribution in [3.05, 3.63) is 79.1 Å². The van der Waals surface area contributed by atoms with Gasteiger partial charge in [0, 0.05) is 5.69 Å². The van der Waals surface area contributed by atoms with E-state index in [-0.39, 0.29) is 5.82 Å². The van der Waals surface area contributed by atoms with Gasteiger partial charge in [-0.2, -0.15) is 0 Å². The largest absolute Gasteiger partial charge is 0.361 e. The first-order chi connectivity index (χ1) is 14.2. The molecule has 2 aromatic heterocycles. The predicted octanol–water partition coefficient (Wildman–Crippen LogP) is 4.13. The Morgan fingerprint density at radius 2 is 1.90 bits per heavy atom. The highest BCUT2D eigenvalue weighted by molar-refractivity contribution is 6.14. The predicted molar refractivity (Wildman–Crippen MR) is 112 cm³/mol. The van der Waals surface area contributed by atoms with Gasteiger partial charge in [-0.15, -0.1) is 0 Å². The van der Waals surface area contributed by atoms with Crippen molar-refractivity contribution in [2.24, 2.45) is 4.99 Å². The van der Waals surface area contributed by atoms with Gasteiger partial charge in [0.25, 0.3) is 0 Å². The number of nitrogens with one attached hydrogen (secondary N) is 2. The van der Waals surface area contributed by atoms with Crippen LogP contribution in [0.1, 0.15) is 5.56 Å². The van der Waals surface area contributed by atoms with Gasteiger partial charge in [0.1, 0.15) is 23.5 Å². The highest BCUT2D eigenvalue weighted by Gasteiger charge is 2.27. The van der Waals surface area contributed by atoms with E-state index in [9.17, 15) is 4.39 Å². The van der Waals surface area contributed by atoms with E-state index < -0.39 is 0 Å². The lowest BCUT2D eigenvalue weighted by Crippen LogP contribution is -2.36. The smallest absolute Gasteiger partial charge is 0.182 e. The van der Waals surface area contributed by atoms with Crippen LogP contribution in [0.2, 0.25) is 0 Å². The second-order valence-corrected chi connectivity index (χ2v) is 6.46. The summed E-state index contributed by atoms with van der Waals surface area (Å²) in [5.41, 5.74) is 3.61. The lowest BCUT2D eigenvalue weighted by molar-refractivity contribution is 0.623. The Morgan fingerprint density at radius 3 is 2.76 bits per heavy atom. The third-order valence-corrected chi connectivity index (χ3v) is 4.71. The minimum absolute atomic E-state index is 0.342. The number of aromatic amines is 1. The molecule has 29 heavy (non-hydrogen) atoms. The molecule has 3 heterocycles. The second-order valence-electron chi connectivity index (χ2n) is 6.46. The van der Waals surface area contributed by atoms with Crippen LogP contribution in [0, 0.1) is 5.82 Å². The molecule has 8 heteroatoms. The van der Waals surface area contributed by atoms with Crippen molar-refractivity contribution in [3.63, 3.8) is 0 Å². The molecule has 0 saturated heterocycles. The molecular formula is C21H16FN7. The Morgan fingerprint density at radius 1 is 1.03 bits per heavy atom. The van der Waals surface area contributed by atoms with E-state index in [4.69, 9.17) is 4.99 Å². The minimum Gasteiger partial charge on any atom is -0.361 e.